The predicted molar refractivity (Wildman–Crippen MR) is 209 cm³/mol. The molecular weight excluding hydrogens is 603 g/mol. The molecule has 6 aliphatic carbocycles. The summed E-state index contributed by atoms with van der Waals surface area (Å²) >= 11 is 0. The fourth-order valence-corrected chi connectivity index (χ4v) is 10.7. The van der Waals surface area contributed by atoms with Gasteiger partial charge >= 0.3 is 0 Å². The topological polar surface area (TPSA) is 3.24 Å². The van der Waals surface area contributed by atoms with Crippen molar-refractivity contribution in [3.63, 3.8) is 0 Å². The lowest BCUT2D eigenvalue weighted by molar-refractivity contribution is 0.559. The number of hydrogen-bond acceptors (Lipinski definition) is 1. The van der Waals surface area contributed by atoms with Gasteiger partial charge in [-0.05, 0) is 104 Å². The number of nitrogens with zero attached hydrogens (tertiary/aromatic N) is 1. The van der Waals surface area contributed by atoms with Gasteiger partial charge in [-0.2, -0.15) is 0 Å². The molecule has 3 aromatic rings. The summed E-state index contributed by atoms with van der Waals surface area (Å²) in [6.45, 7) is 4.98. The second-order valence-corrected chi connectivity index (χ2v) is 15.8. The van der Waals surface area contributed by atoms with E-state index in [1.807, 2.05) is 0 Å². The summed E-state index contributed by atoms with van der Waals surface area (Å²) in [5.74, 6) is 1.41. The molecule has 0 saturated carbocycles. The number of fused-ring (bicyclic) bond motifs is 9. The van der Waals surface area contributed by atoms with Gasteiger partial charge in [0.25, 0.3) is 0 Å². The molecule has 5 unspecified atom stereocenters. The zero-order valence-corrected chi connectivity index (χ0v) is 28.8. The first-order chi connectivity index (χ1) is 24.6. The van der Waals surface area contributed by atoms with Crippen LogP contribution in [0.2, 0.25) is 0 Å². The molecule has 2 heterocycles. The van der Waals surface area contributed by atoms with E-state index in [4.69, 9.17) is 0 Å². The summed E-state index contributed by atoms with van der Waals surface area (Å²) in [5.41, 5.74) is 17.4. The molecule has 0 N–H and O–H groups in total. The predicted octanol–water partition coefficient (Wildman–Crippen LogP) is 9.88. The Hall–Kier alpha value is -5.14. The highest BCUT2D eigenvalue weighted by Crippen LogP contribution is 2.59. The molecule has 11 rings (SSSR count). The third-order valence-electron chi connectivity index (χ3n) is 13.0. The Morgan fingerprint density at radius 2 is 1.56 bits per heavy atom. The highest BCUT2D eigenvalue weighted by Gasteiger charge is 2.48. The van der Waals surface area contributed by atoms with Gasteiger partial charge in [-0.3, -0.25) is 0 Å². The van der Waals surface area contributed by atoms with Crippen LogP contribution in [-0.4, -0.2) is 6.04 Å². The Morgan fingerprint density at radius 1 is 0.740 bits per heavy atom. The van der Waals surface area contributed by atoms with Gasteiger partial charge < -0.3 is 4.90 Å². The van der Waals surface area contributed by atoms with Gasteiger partial charge in [0.2, 0.25) is 0 Å². The van der Waals surface area contributed by atoms with E-state index in [0.717, 1.165) is 19.3 Å². The van der Waals surface area contributed by atoms with Gasteiger partial charge in [0.1, 0.15) is 0 Å². The molecule has 5 atom stereocenters. The molecule has 1 nitrogen and oxygen atoms in total. The van der Waals surface area contributed by atoms with Crippen LogP contribution >= 0.6 is 0 Å². The maximum Gasteiger partial charge on any atom is 0.0630 e. The van der Waals surface area contributed by atoms with Crippen molar-refractivity contribution in [3.8, 4) is 0 Å². The molecule has 3 aromatic carbocycles. The average molecular weight is 644 g/mol. The van der Waals surface area contributed by atoms with Gasteiger partial charge in [0.15, 0.2) is 0 Å². The molecule has 8 aliphatic rings. The largest absolute Gasteiger partial charge is 0.333 e. The van der Waals surface area contributed by atoms with E-state index in [-0.39, 0.29) is 17.4 Å². The van der Waals surface area contributed by atoms with Crippen molar-refractivity contribution in [2.45, 2.75) is 56.4 Å². The molecule has 0 aromatic heterocycles. The molecule has 0 bridgehead atoms. The molecule has 1 heteroatoms. The van der Waals surface area contributed by atoms with Crippen LogP contribution in [0.5, 0.6) is 0 Å². The van der Waals surface area contributed by atoms with Crippen molar-refractivity contribution in [1.82, 2.24) is 0 Å². The lowest BCUT2D eigenvalue weighted by Gasteiger charge is -2.45. The van der Waals surface area contributed by atoms with Crippen molar-refractivity contribution < 1.29 is 0 Å². The summed E-state index contributed by atoms with van der Waals surface area (Å²) in [6.07, 6.45) is 36.8. The van der Waals surface area contributed by atoms with Crippen LogP contribution in [0, 0.1) is 11.8 Å². The monoisotopic (exact) mass is 643 g/mol. The molecule has 2 aliphatic heterocycles. The first kappa shape index (κ1) is 28.7. The summed E-state index contributed by atoms with van der Waals surface area (Å²) in [5, 5.41) is 2.79. The molecule has 242 valence electrons. The Kier molecular flexibility index (Phi) is 5.99. The third kappa shape index (κ3) is 3.89. The fourth-order valence-electron chi connectivity index (χ4n) is 10.7. The smallest absolute Gasteiger partial charge is 0.0630 e. The van der Waals surface area contributed by atoms with Crippen molar-refractivity contribution in [3.05, 3.63) is 195 Å². The van der Waals surface area contributed by atoms with Crippen LogP contribution in [0.3, 0.4) is 0 Å². The highest BCUT2D eigenvalue weighted by molar-refractivity contribution is 5.92. The minimum Gasteiger partial charge on any atom is -0.333 e. The zero-order chi connectivity index (χ0) is 33.1. The summed E-state index contributed by atoms with van der Waals surface area (Å²) in [7, 11) is 0. The lowest BCUT2D eigenvalue weighted by Crippen LogP contribution is -2.40. The molecule has 50 heavy (non-hydrogen) atoms. The molecule has 0 spiro atoms. The van der Waals surface area contributed by atoms with Crippen molar-refractivity contribution in [2.75, 3.05) is 4.90 Å². The second kappa shape index (κ2) is 10.4. The maximum absolute atomic E-state index is 2.73. The van der Waals surface area contributed by atoms with E-state index in [1.54, 1.807) is 5.57 Å². The molecule has 0 amide bonds. The summed E-state index contributed by atoms with van der Waals surface area (Å²) < 4.78 is 0. The first-order valence-electron chi connectivity index (χ1n) is 18.7. The van der Waals surface area contributed by atoms with E-state index in [2.05, 4.69) is 164 Å². The quantitative estimate of drug-likeness (QED) is 0.269. The lowest BCUT2D eigenvalue weighted by atomic mass is 9.67. The summed E-state index contributed by atoms with van der Waals surface area (Å²) in [6, 6.07) is 23.6. The number of anilines is 1. The average Bonchev–Trinajstić information content (AvgIpc) is 3.50. The van der Waals surface area contributed by atoms with E-state index in [0.29, 0.717) is 17.8 Å². The van der Waals surface area contributed by atoms with E-state index < -0.39 is 0 Å². The van der Waals surface area contributed by atoms with E-state index in [1.165, 1.54) is 71.9 Å². The van der Waals surface area contributed by atoms with Crippen LogP contribution in [0.15, 0.2) is 156 Å². The fraction of sp³-hybridized carbons (Fsp3) is 0.224. The van der Waals surface area contributed by atoms with Crippen LogP contribution in [0.1, 0.15) is 72.8 Å². The first-order valence-corrected chi connectivity index (χ1v) is 18.7. The van der Waals surface area contributed by atoms with Crippen LogP contribution in [-0.2, 0) is 5.41 Å². The molecule has 0 fully saturated rings. The number of rotatable bonds is 2. The van der Waals surface area contributed by atoms with Gasteiger partial charge in [0, 0.05) is 40.5 Å². The summed E-state index contributed by atoms with van der Waals surface area (Å²) in [4.78, 5) is 2.73. The Balaban J connectivity index is 1.14. The van der Waals surface area contributed by atoms with Crippen molar-refractivity contribution >= 4 is 28.5 Å². The third-order valence-corrected chi connectivity index (χ3v) is 13.0. The highest BCUT2D eigenvalue weighted by atomic mass is 15.2. The number of hydrogen-bond donors (Lipinski definition) is 0. The maximum atomic E-state index is 2.73. The molecule has 0 saturated heterocycles. The van der Waals surface area contributed by atoms with Crippen LogP contribution < -0.4 is 15.3 Å². The van der Waals surface area contributed by atoms with Crippen molar-refractivity contribution in [2.24, 2.45) is 11.8 Å². The van der Waals surface area contributed by atoms with Crippen LogP contribution in [0.25, 0.3) is 22.8 Å². The number of allylic oxidation sites excluding steroid dienone is 14. The minimum absolute atomic E-state index is 0.0422. The van der Waals surface area contributed by atoms with Crippen molar-refractivity contribution in [1.29, 1.82) is 0 Å². The van der Waals surface area contributed by atoms with Gasteiger partial charge in [-0.1, -0.05) is 141 Å². The minimum atomic E-state index is -0.0422. The Bertz CT molecular complexity index is 2460. The normalized spacial score (nSPS) is 28.3. The van der Waals surface area contributed by atoms with Gasteiger partial charge in [-0.25, -0.2) is 0 Å². The van der Waals surface area contributed by atoms with Crippen LogP contribution in [0.4, 0.5) is 5.69 Å². The Morgan fingerprint density at radius 3 is 2.48 bits per heavy atom. The number of benzene rings is 3. The zero-order valence-electron chi connectivity index (χ0n) is 28.8. The second-order valence-electron chi connectivity index (χ2n) is 15.8. The molecular formula is C49H41N. The van der Waals surface area contributed by atoms with E-state index >= 15 is 0 Å². The van der Waals surface area contributed by atoms with Gasteiger partial charge in [-0.15, -0.1) is 0 Å². The molecule has 0 radical (unpaired) electrons. The SMILES string of the molecule is CC1(C)C2=C(C=CCC2)N2c3c(cc(C4=Cc5ccccc5C5C=CC=CC45)cc31)C1C=C(C3=c4ccccc4=C4C=CC=CC4C3)C=CC12. The standard InChI is InChI=1S/C49H41N/c1-49(2)44-21-11-12-22-47(44)50-46-24-23-32(40-25-30-13-3-5-15-34(30)36-17-7-9-19-38(36)40)27-42(46)43-28-33(29-45(49)48(43)50)41-26-31-14-4-6-16-35(31)37-18-8-10-20-39(37)41/h3-10,12-20,22-24,26-30,37,39,42,46H,11,21,25H2,1-2H3. The van der Waals surface area contributed by atoms with E-state index in [9.17, 15) is 0 Å². The van der Waals surface area contributed by atoms with Gasteiger partial charge in [0.05, 0.1) is 6.04 Å². The Labute approximate surface area is 295 Å².